The SMILES string of the molecule is CC(C)[C@H](NC(=O)C[C@H](NC(=O)/C=C/c1ccc2c(c1)OCO2)c1ccccc1)C(=O)C1C(=O)N(C)C(=O)[C@H]1C. The third-order valence-electron chi connectivity index (χ3n) is 7.14. The van der Waals surface area contributed by atoms with Gasteiger partial charge in [0.25, 0.3) is 0 Å². The summed E-state index contributed by atoms with van der Waals surface area (Å²) in [6.45, 7) is 5.22. The lowest BCUT2D eigenvalue weighted by Gasteiger charge is -2.26. The van der Waals surface area contributed by atoms with Crippen molar-refractivity contribution in [3.8, 4) is 11.5 Å². The van der Waals surface area contributed by atoms with Gasteiger partial charge < -0.3 is 20.1 Å². The standard InChI is InChI=1S/C30H33N3O7/c1-17(2)27(28(36)26-18(3)29(37)33(4)30(26)38)32-25(35)15-21(20-8-6-5-7-9-20)31-24(34)13-11-19-10-12-22-23(14-19)40-16-39-22/h5-14,17-18,21,26-27H,15-16H2,1-4H3,(H,31,34)(H,32,35)/b13-11+/t18-,21-,26?,27-/m0/s1. The second kappa shape index (κ2) is 12.1. The van der Waals surface area contributed by atoms with Gasteiger partial charge in [-0.3, -0.25) is 28.9 Å². The zero-order valence-corrected chi connectivity index (χ0v) is 22.9. The summed E-state index contributed by atoms with van der Waals surface area (Å²) in [6.07, 6.45) is 2.86. The Kier molecular flexibility index (Phi) is 8.67. The molecule has 2 aliphatic rings. The lowest BCUT2D eigenvalue weighted by molar-refractivity contribution is -0.141. The topological polar surface area (TPSA) is 131 Å². The van der Waals surface area contributed by atoms with Crippen LogP contribution < -0.4 is 20.1 Å². The van der Waals surface area contributed by atoms with Crippen LogP contribution in [-0.2, 0) is 24.0 Å². The average molecular weight is 548 g/mol. The Morgan fingerprint density at radius 1 is 1.00 bits per heavy atom. The molecule has 4 rings (SSSR count). The van der Waals surface area contributed by atoms with Gasteiger partial charge in [-0.15, -0.1) is 0 Å². The number of Topliss-reactive ketones (excluding diaryl/α,β-unsaturated/α-hetero) is 1. The number of benzene rings is 2. The normalized spacial score (nSPS) is 19.7. The number of imide groups is 1. The number of hydrogen-bond donors (Lipinski definition) is 2. The summed E-state index contributed by atoms with van der Waals surface area (Å²) in [5.41, 5.74) is 1.45. The van der Waals surface area contributed by atoms with Crippen molar-refractivity contribution in [2.45, 2.75) is 39.3 Å². The van der Waals surface area contributed by atoms with E-state index in [0.29, 0.717) is 17.1 Å². The molecule has 10 nitrogen and oxygen atoms in total. The van der Waals surface area contributed by atoms with Crippen molar-refractivity contribution in [1.29, 1.82) is 0 Å². The van der Waals surface area contributed by atoms with E-state index in [9.17, 15) is 24.0 Å². The van der Waals surface area contributed by atoms with Crippen LogP contribution in [0.4, 0.5) is 0 Å². The minimum atomic E-state index is -1.14. The molecule has 0 spiro atoms. The van der Waals surface area contributed by atoms with Crippen LogP contribution >= 0.6 is 0 Å². The van der Waals surface area contributed by atoms with E-state index in [0.717, 1.165) is 10.5 Å². The largest absolute Gasteiger partial charge is 0.454 e. The Bertz CT molecular complexity index is 1340. The van der Waals surface area contributed by atoms with Gasteiger partial charge in [0.05, 0.1) is 24.4 Å². The Hall–Kier alpha value is -4.47. The van der Waals surface area contributed by atoms with Gasteiger partial charge in [-0.1, -0.05) is 57.2 Å². The average Bonchev–Trinajstić information content (AvgIpc) is 3.48. The van der Waals surface area contributed by atoms with Crippen molar-refractivity contribution in [1.82, 2.24) is 15.5 Å². The number of fused-ring (bicyclic) bond motifs is 1. The van der Waals surface area contributed by atoms with E-state index in [4.69, 9.17) is 9.47 Å². The molecule has 4 amide bonds. The molecule has 10 heteroatoms. The zero-order chi connectivity index (χ0) is 29.0. The fourth-order valence-electron chi connectivity index (χ4n) is 4.87. The number of carbonyl (C=O) groups excluding carboxylic acids is 5. The van der Waals surface area contributed by atoms with E-state index in [1.807, 2.05) is 6.07 Å². The highest BCUT2D eigenvalue weighted by atomic mass is 16.7. The highest BCUT2D eigenvalue weighted by Gasteiger charge is 2.49. The molecule has 2 aromatic carbocycles. The molecule has 2 heterocycles. The zero-order valence-electron chi connectivity index (χ0n) is 22.9. The lowest BCUT2D eigenvalue weighted by Crippen LogP contribution is -2.49. The van der Waals surface area contributed by atoms with Crippen molar-refractivity contribution in [2.24, 2.45) is 17.8 Å². The molecule has 0 saturated carbocycles. The first-order chi connectivity index (χ1) is 19.1. The number of nitrogens with one attached hydrogen (secondary N) is 2. The summed E-state index contributed by atoms with van der Waals surface area (Å²) in [5.74, 6) is -3.39. The number of carbonyl (C=O) groups is 5. The first-order valence-electron chi connectivity index (χ1n) is 13.1. The van der Waals surface area contributed by atoms with Crippen LogP contribution in [0.3, 0.4) is 0 Å². The van der Waals surface area contributed by atoms with Crippen molar-refractivity contribution in [2.75, 3.05) is 13.8 Å². The van der Waals surface area contributed by atoms with E-state index in [-0.39, 0.29) is 19.1 Å². The van der Waals surface area contributed by atoms with E-state index < -0.39 is 53.3 Å². The Balaban J connectivity index is 1.45. The maximum atomic E-state index is 13.3. The van der Waals surface area contributed by atoms with E-state index in [1.165, 1.54) is 13.1 Å². The van der Waals surface area contributed by atoms with Gasteiger partial charge in [-0.2, -0.15) is 0 Å². The molecule has 1 saturated heterocycles. The molecule has 1 fully saturated rings. The van der Waals surface area contributed by atoms with Crippen LogP contribution in [0, 0.1) is 17.8 Å². The number of amides is 4. The number of ether oxygens (including phenoxy) is 2. The number of nitrogens with zero attached hydrogens (tertiary/aromatic N) is 1. The van der Waals surface area contributed by atoms with Gasteiger partial charge in [0.15, 0.2) is 17.3 Å². The second-order valence-electron chi connectivity index (χ2n) is 10.3. The highest BCUT2D eigenvalue weighted by Crippen LogP contribution is 2.33. The maximum Gasteiger partial charge on any atom is 0.244 e. The van der Waals surface area contributed by atoms with Crippen LogP contribution in [0.25, 0.3) is 6.08 Å². The molecular weight excluding hydrogens is 514 g/mol. The molecule has 40 heavy (non-hydrogen) atoms. The molecule has 1 unspecified atom stereocenters. The molecule has 0 aromatic heterocycles. The van der Waals surface area contributed by atoms with Crippen molar-refractivity contribution in [3.05, 3.63) is 65.7 Å². The van der Waals surface area contributed by atoms with Crippen molar-refractivity contribution in [3.63, 3.8) is 0 Å². The van der Waals surface area contributed by atoms with Gasteiger partial charge in [-0.05, 0) is 35.3 Å². The van der Waals surface area contributed by atoms with Crippen molar-refractivity contribution >= 4 is 35.5 Å². The molecule has 0 radical (unpaired) electrons. The quantitative estimate of drug-likeness (QED) is 0.266. The number of likely N-dealkylation sites (tertiary alicyclic amines) is 1. The van der Waals surface area contributed by atoms with E-state index in [2.05, 4.69) is 10.6 Å². The summed E-state index contributed by atoms with van der Waals surface area (Å²) >= 11 is 0. The Morgan fingerprint density at radius 3 is 2.35 bits per heavy atom. The Morgan fingerprint density at radius 2 is 1.70 bits per heavy atom. The minimum Gasteiger partial charge on any atom is -0.454 e. The fourth-order valence-corrected chi connectivity index (χ4v) is 4.87. The van der Waals surface area contributed by atoms with Crippen LogP contribution in [0.15, 0.2) is 54.6 Å². The first-order valence-corrected chi connectivity index (χ1v) is 13.1. The molecule has 2 N–H and O–H groups in total. The van der Waals surface area contributed by atoms with E-state index in [1.54, 1.807) is 69.3 Å². The third kappa shape index (κ3) is 6.22. The number of hydrogen-bond acceptors (Lipinski definition) is 7. The van der Waals surface area contributed by atoms with Gasteiger partial charge >= 0.3 is 0 Å². The van der Waals surface area contributed by atoms with Gasteiger partial charge in [0.1, 0.15) is 5.92 Å². The monoisotopic (exact) mass is 547 g/mol. The lowest BCUT2D eigenvalue weighted by atomic mass is 9.85. The summed E-state index contributed by atoms with van der Waals surface area (Å²) in [4.78, 5) is 65.2. The molecule has 0 bridgehead atoms. The predicted octanol–water partition coefficient (Wildman–Crippen LogP) is 2.64. The van der Waals surface area contributed by atoms with Crippen LogP contribution in [0.5, 0.6) is 11.5 Å². The molecule has 2 aromatic rings. The molecule has 0 aliphatic carbocycles. The van der Waals surface area contributed by atoms with Crippen LogP contribution in [-0.4, -0.2) is 54.2 Å². The molecule has 2 aliphatic heterocycles. The minimum absolute atomic E-state index is 0.142. The summed E-state index contributed by atoms with van der Waals surface area (Å²) in [6, 6.07) is 12.7. The summed E-state index contributed by atoms with van der Waals surface area (Å²) in [7, 11) is 1.35. The second-order valence-corrected chi connectivity index (χ2v) is 10.3. The first kappa shape index (κ1) is 28.5. The predicted molar refractivity (Wildman–Crippen MR) is 146 cm³/mol. The fraction of sp³-hybridized carbons (Fsp3) is 0.367. The number of rotatable bonds is 10. The van der Waals surface area contributed by atoms with Crippen LogP contribution in [0.2, 0.25) is 0 Å². The maximum absolute atomic E-state index is 13.3. The van der Waals surface area contributed by atoms with Crippen LogP contribution in [0.1, 0.15) is 44.4 Å². The van der Waals surface area contributed by atoms with Gasteiger partial charge in [-0.25, -0.2) is 0 Å². The number of ketones is 1. The summed E-state index contributed by atoms with van der Waals surface area (Å²) in [5, 5.41) is 5.62. The van der Waals surface area contributed by atoms with Gasteiger partial charge in [0.2, 0.25) is 30.4 Å². The third-order valence-corrected chi connectivity index (χ3v) is 7.14. The molecular formula is C30H33N3O7. The molecule has 4 atom stereocenters. The smallest absolute Gasteiger partial charge is 0.244 e. The molecule has 210 valence electrons. The summed E-state index contributed by atoms with van der Waals surface area (Å²) < 4.78 is 10.7. The Labute approximate surface area is 232 Å². The van der Waals surface area contributed by atoms with Gasteiger partial charge in [0, 0.05) is 13.1 Å². The highest BCUT2D eigenvalue weighted by molar-refractivity contribution is 6.16. The van der Waals surface area contributed by atoms with E-state index >= 15 is 0 Å². The van der Waals surface area contributed by atoms with Crippen molar-refractivity contribution < 1.29 is 33.4 Å².